The highest BCUT2D eigenvalue weighted by Crippen LogP contribution is 2.14. The average Bonchev–Trinajstić information content (AvgIpc) is 2.67. The normalized spacial score (nSPS) is 36.7. The zero-order valence-corrected chi connectivity index (χ0v) is 8.16. The lowest BCUT2D eigenvalue weighted by molar-refractivity contribution is 0.0110. The van der Waals surface area contributed by atoms with Gasteiger partial charge in [0.1, 0.15) is 0 Å². The summed E-state index contributed by atoms with van der Waals surface area (Å²) in [5, 5.41) is 3.30. The average molecular weight is 186 g/mol. The molecule has 2 saturated heterocycles. The number of nitrogens with zero attached hydrogens (tertiary/aromatic N) is 1. The molecule has 4 heteroatoms. The van der Waals surface area contributed by atoms with Crippen molar-refractivity contribution < 1.29 is 9.47 Å². The minimum absolute atomic E-state index is 0.498. The van der Waals surface area contributed by atoms with Crippen LogP contribution in [0.1, 0.15) is 0 Å². The van der Waals surface area contributed by atoms with Crippen molar-refractivity contribution in [2.75, 3.05) is 46.6 Å². The Morgan fingerprint density at radius 2 is 1.92 bits per heavy atom. The van der Waals surface area contributed by atoms with E-state index in [1.54, 1.807) is 0 Å². The highest BCUT2D eigenvalue weighted by molar-refractivity contribution is 4.88. The van der Waals surface area contributed by atoms with E-state index in [0.717, 1.165) is 39.5 Å². The molecule has 0 saturated carbocycles. The Labute approximate surface area is 79.2 Å². The van der Waals surface area contributed by atoms with Crippen molar-refractivity contribution in [2.24, 2.45) is 0 Å². The van der Waals surface area contributed by atoms with Gasteiger partial charge in [-0.25, -0.2) is 0 Å². The summed E-state index contributed by atoms with van der Waals surface area (Å²) < 4.78 is 10.8. The van der Waals surface area contributed by atoms with Gasteiger partial charge in [0.15, 0.2) is 0 Å². The Morgan fingerprint density at radius 1 is 1.15 bits per heavy atom. The van der Waals surface area contributed by atoms with E-state index < -0.39 is 0 Å². The molecule has 2 heterocycles. The van der Waals surface area contributed by atoms with Gasteiger partial charge < -0.3 is 14.8 Å². The third-order valence-electron chi connectivity index (χ3n) is 2.94. The van der Waals surface area contributed by atoms with Crippen molar-refractivity contribution in [2.45, 2.75) is 12.1 Å². The first-order valence-electron chi connectivity index (χ1n) is 4.98. The van der Waals surface area contributed by atoms with E-state index >= 15 is 0 Å². The summed E-state index contributed by atoms with van der Waals surface area (Å²) in [6, 6.07) is 1.05. The van der Waals surface area contributed by atoms with Crippen LogP contribution in [0.5, 0.6) is 0 Å². The summed E-state index contributed by atoms with van der Waals surface area (Å²) in [5.41, 5.74) is 0. The molecule has 2 fully saturated rings. The van der Waals surface area contributed by atoms with Crippen LogP contribution in [0.15, 0.2) is 0 Å². The minimum atomic E-state index is 0.498. The van der Waals surface area contributed by atoms with Crippen LogP contribution >= 0.6 is 0 Å². The molecule has 0 radical (unpaired) electrons. The van der Waals surface area contributed by atoms with Crippen molar-refractivity contribution >= 4 is 0 Å². The lowest BCUT2D eigenvalue weighted by Gasteiger charge is -2.34. The number of likely N-dealkylation sites (N-methyl/N-ethyl adjacent to an activating group) is 1. The van der Waals surface area contributed by atoms with Crippen LogP contribution in [0, 0.1) is 0 Å². The number of rotatable bonds is 2. The van der Waals surface area contributed by atoms with Crippen molar-refractivity contribution in [3.8, 4) is 0 Å². The van der Waals surface area contributed by atoms with Gasteiger partial charge in [0.2, 0.25) is 0 Å². The lowest BCUT2D eigenvalue weighted by atomic mass is 10.1. The molecule has 0 aromatic carbocycles. The molecular weight excluding hydrogens is 168 g/mol. The molecule has 0 unspecified atom stereocenters. The Morgan fingerprint density at radius 3 is 2.62 bits per heavy atom. The van der Waals surface area contributed by atoms with E-state index in [-0.39, 0.29) is 0 Å². The molecule has 0 aromatic rings. The molecule has 0 aliphatic carbocycles. The maximum atomic E-state index is 5.47. The Bertz CT molecular complexity index is 160. The number of hydrogen-bond donors (Lipinski definition) is 1. The predicted octanol–water partition coefficient (Wildman–Crippen LogP) is -0.695. The summed E-state index contributed by atoms with van der Waals surface area (Å²) >= 11 is 0. The predicted molar refractivity (Wildman–Crippen MR) is 49.8 cm³/mol. The fraction of sp³-hybridized carbons (Fsp3) is 1.00. The van der Waals surface area contributed by atoms with Crippen molar-refractivity contribution in [3.63, 3.8) is 0 Å². The van der Waals surface area contributed by atoms with Crippen LogP contribution in [0.4, 0.5) is 0 Å². The topological polar surface area (TPSA) is 33.7 Å². The first kappa shape index (κ1) is 9.40. The van der Waals surface area contributed by atoms with E-state index in [1.807, 2.05) is 7.05 Å². The summed E-state index contributed by atoms with van der Waals surface area (Å²) in [7, 11) is 2.01. The summed E-state index contributed by atoms with van der Waals surface area (Å²) in [6.45, 7) is 5.54. The molecule has 2 aliphatic heterocycles. The number of ether oxygens (including phenoxy) is 2. The second kappa shape index (κ2) is 4.37. The third kappa shape index (κ3) is 2.02. The molecule has 2 rings (SSSR count). The summed E-state index contributed by atoms with van der Waals surface area (Å²) in [4.78, 5) is 2.47. The fourth-order valence-corrected chi connectivity index (χ4v) is 2.09. The van der Waals surface area contributed by atoms with Gasteiger partial charge in [0.25, 0.3) is 0 Å². The third-order valence-corrected chi connectivity index (χ3v) is 2.94. The molecule has 0 amide bonds. The molecule has 4 nitrogen and oxygen atoms in total. The second-order valence-corrected chi connectivity index (χ2v) is 3.65. The smallest absolute Gasteiger partial charge is 0.0638 e. The molecule has 0 bridgehead atoms. The van der Waals surface area contributed by atoms with E-state index in [2.05, 4.69) is 10.2 Å². The largest absolute Gasteiger partial charge is 0.379 e. The van der Waals surface area contributed by atoms with Gasteiger partial charge in [0, 0.05) is 19.1 Å². The number of hydrogen-bond acceptors (Lipinski definition) is 4. The highest BCUT2D eigenvalue weighted by Gasteiger charge is 2.32. The fourth-order valence-electron chi connectivity index (χ4n) is 2.09. The van der Waals surface area contributed by atoms with Gasteiger partial charge in [-0.3, -0.25) is 4.90 Å². The van der Waals surface area contributed by atoms with Crippen molar-refractivity contribution in [1.82, 2.24) is 10.2 Å². The second-order valence-electron chi connectivity index (χ2n) is 3.65. The first-order valence-corrected chi connectivity index (χ1v) is 4.98. The maximum Gasteiger partial charge on any atom is 0.0638 e. The number of morpholine rings is 1. The van der Waals surface area contributed by atoms with Gasteiger partial charge in [-0.05, 0) is 7.05 Å². The maximum absolute atomic E-state index is 5.47. The van der Waals surface area contributed by atoms with Gasteiger partial charge in [-0.15, -0.1) is 0 Å². The summed E-state index contributed by atoms with van der Waals surface area (Å²) in [5.74, 6) is 0. The summed E-state index contributed by atoms with van der Waals surface area (Å²) in [6.07, 6.45) is 0. The van der Waals surface area contributed by atoms with Crippen molar-refractivity contribution in [3.05, 3.63) is 0 Å². The zero-order chi connectivity index (χ0) is 9.10. The van der Waals surface area contributed by atoms with Crippen LogP contribution < -0.4 is 5.32 Å². The van der Waals surface area contributed by atoms with Crippen LogP contribution in [-0.4, -0.2) is 63.5 Å². The monoisotopic (exact) mass is 186 g/mol. The Kier molecular flexibility index (Phi) is 3.16. The minimum Gasteiger partial charge on any atom is -0.379 e. The molecule has 76 valence electrons. The van der Waals surface area contributed by atoms with Crippen molar-refractivity contribution in [1.29, 1.82) is 0 Å². The van der Waals surface area contributed by atoms with Gasteiger partial charge in [-0.1, -0.05) is 0 Å². The van der Waals surface area contributed by atoms with Crippen LogP contribution in [0.25, 0.3) is 0 Å². The Balaban J connectivity index is 1.90. The molecule has 0 spiro atoms. The van der Waals surface area contributed by atoms with Crippen LogP contribution in [-0.2, 0) is 9.47 Å². The molecule has 13 heavy (non-hydrogen) atoms. The van der Waals surface area contributed by atoms with Gasteiger partial charge in [0.05, 0.1) is 32.5 Å². The first-order chi connectivity index (χ1) is 6.42. The lowest BCUT2D eigenvalue weighted by Crippen LogP contribution is -2.52. The molecule has 2 aliphatic rings. The van der Waals surface area contributed by atoms with E-state index in [0.29, 0.717) is 12.1 Å². The van der Waals surface area contributed by atoms with Crippen LogP contribution in [0.3, 0.4) is 0 Å². The molecule has 1 N–H and O–H groups in total. The van der Waals surface area contributed by atoms with E-state index in [1.165, 1.54) is 0 Å². The van der Waals surface area contributed by atoms with E-state index in [9.17, 15) is 0 Å². The van der Waals surface area contributed by atoms with E-state index in [4.69, 9.17) is 9.47 Å². The standard InChI is InChI=1S/C9H18N2O2/c1-10-8-6-13-7-9(8)11-2-4-12-5-3-11/h8-10H,2-7H2,1H3/t8-,9-/m0/s1. The SMILES string of the molecule is CN[C@H]1COC[C@@H]1N1CCOCC1. The highest BCUT2D eigenvalue weighted by atomic mass is 16.5. The molecular formula is C9H18N2O2. The number of nitrogens with one attached hydrogen (secondary N) is 1. The van der Waals surface area contributed by atoms with Gasteiger partial charge >= 0.3 is 0 Å². The Hall–Kier alpha value is -0.160. The zero-order valence-electron chi connectivity index (χ0n) is 8.16. The van der Waals surface area contributed by atoms with Gasteiger partial charge in [-0.2, -0.15) is 0 Å². The molecule has 2 atom stereocenters. The quantitative estimate of drug-likeness (QED) is 0.618. The van der Waals surface area contributed by atoms with Crippen LogP contribution in [0.2, 0.25) is 0 Å². The molecule has 0 aromatic heterocycles.